The molecule has 0 aliphatic carbocycles. The topological polar surface area (TPSA) is 91.9 Å². The van der Waals surface area contributed by atoms with Gasteiger partial charge in [0.15, 0.2) is 5.15 Å². The number of hydrogen-bond donors (Lipinski definition) is 2. The van der Waals surface area contributed by atoms with E-state index >= 15 is 0 Å². The largest absolute Gasteiger partial charge is 0.328 e. The zero-order valence-electron chi connectivity index (χ0n) is 9.22. The molecule has 2 aromatic rings. The van der Waals surface area contributed by atoms with Gasteiger partial charge in [0.2, 0.25) is 5.56 Å². The fraction of sp³-hybridized carbons (Fsp3) is 0. The highest BCUT2D eigenvalue weighted by atomic mass is 79.9. The number of H-pyrrole nitrogens is 1. The van der Waals surface area contributed by atoms with Gasteiger partial charge in [-0.2, -0.15) is 0 Å². The number of sulfonamides is 1. The zero-order chi connectivity index (χ0) is 14.0. The maximum absolute atomic E-state index is 12.0. The van der Waals surface area contributed by atoms with E-state index < -0.39 is 10.0 Å². The Bertz CT molecular complexity index is 755. The molecule has 6 nitrogen and oxygen atoms in total. The molecule has 2 N–H and O–H groups in total. The maximum atomic E-state index is 12.0. The highest BCUT2D eigenvalue weighted by molar-refractivity contribution is 9.10. The minimum atomic E-state index is -3.83. The summed E-state index contributed by atoms with van der Waals surface area (Å²) in [6.07, 6.45) is 2.55. The summed E-state index contributed by atoms with van der Waals surface area (Å²) in [4.78, 5) is 16.9. The second-order valence-electron chi connectivity index (χ2n) is 3.49. The van der Waals surface area contributed by atoms with Crippen molar-refractivity contribution in [1.82, 2.24) is 9.97 Å². The van der Waals surface area contributed by atoms with Crippen LogP contribution in [0.4, 0.5) is 5.69 Å². The van der Waals surface area contributed by atoms with Crippen LogP contribution in [0.1, 0.15) is 0 Å². The molecule has 0 atom stereocenters. The van der Waals surface area contributed by atoms with Gasteiger partial charge in [-0.05, 0) is 28.1 Å². The van der Waals surface area contributed by atoms with Crippen LogP contribution in [-0.2, 0) is 10.0 Å². The molecule has 0 unspecified atom stereocenters. The van der Waals surface area contributed by atoms with Crippen molar-refractivity contribution in [1.29, 1.82) is 0 Å². The summed E-state index contributed by atoms with van der Waals surface area (Å²) in [5.41, 5.74) is -0.247. The number of rotatable bonds is 3. The van der Waals surface area contributed by atoms with Crippen LogP contribution in [0.5, 0.6) is 0 Å². The third-order valence-electron chi connectivity index (χ3n) is 2.12. The fourth-order valence-electron chi connectivity index (χ4n) is 1.26. The lowest BCUT2D eigenvalue weighted by Crippen LogP contribution is -2.15. The van der Waals surface area contributed by atoms with Crippen molar-refractivity contribution in [3.05, 3.63) is 50.6 Å². The first-order valence-corrected chi connectivity index (χ1v) is 7.56. The second kappa shape index (κ2) is 5.32. The molecule has 0 spiro atoms. The molecule has 0 aliphatic rings. The van der Waals surface area contributed by atoms with E-state index in [9.17, 15) is 13.2 Å². The molecule has 2 aromatic heterocycles. The van der Waals surface area contributed by atoms with Gasteiger partial charge >= 0.3 is 0 Å². The average Bonchev–Trinajstić information content (AvgIpc) is 2.34. The smallest absolute Gasteiger partial charge is 0.263 e. The predicted molar refractivity (Wildman–Crippen MR) is 74.8 cm³/mol. The second-order valence-corrected chi connectivity index (χ2v) is 6.44. The molecule has 100 valence electrons. The lowest BCUT2D eigenvalue weighted by Gasteiger charge is -2.09. The highest BCUT2D eigenvalue weighted by Crippen LogP contribution is 2.25. The first kappa shape index (κ1) is 14.0. The standard InChI is InChI=1S/C10H7BrClN3O3S/c11-6-3-8(10(12)14-4-6)15-19(17,18)7-1-2-9(16)13-5-7/h1-5,15H,(H,13,16). The molecule has 0 radical (unpaired) electrons. The molecule has 0 aromatic carbocycles. The molecule has 2 rings (SSSR count). The van der Waals surface area contributed by atoms with Crippen LogP contribution in [0.3, 0.4) is 0 Å². The Morgan fingerprint density at radius 1 is 1.37 bits per heavy atom. The van der Waals surface area contributed by atoms with Crippen molar-refractivity contribution in [2.75, 3.05) is 4.72 Å². The monoisotopic (exact) mass is 363 g/mol. The third-order valence-corrected chi connectivity index (χ3v) is 4.21. The number of nitrogens with one attached hydrogen (secondary N) is 2. The molecule has 19 heavy (non-hydrogen) atoms. The number of nitrogens with zero attached hydrogens (tertiary/aromatic N) is 1. The summed E-state index contributed by atoms with van der Waals surface area (Å²) in [6, 6.07) is 3.80. The SMILES string of the molecule is O=c1ccc(S(=O)(=O)Nc2cc(Br)cnc2Cl)c[nH]1. The summed E-state index contributed by atoms with van der Waals surface area (Å²) in [7, 11) is -3.83. The zero-order valence-corrected chi connectivity index (χ0v) is 12.4. The van der Waals surface area contributed by atoms with Crippen LogP contribution in [-0.4, -0.2) is 18.4 Å². The lowest BCUT2D eigenvalue weighted by molar-refractivity contribution is 0.600. The quantitative estimate of drug-likeness (QED) is 0.815. The van der Waals surface area contributed by atoms with Gasteiger partial charge in [0.25, 0.3) is 10.0 Å². The molecular formula is C10H7BrClN3O3S. The Balaban J connectivity index is 2.39. The summed E-state index contributed by atoms with van der Waals surface area (Å²) < 4.78 is 27.0. The Kier molecular flexibility index (Phi) is 3.93. The molecule has 2 heterocycles. The van der Waals surface area contributed by atoms with Crippen LogP contribution >= 0.6 is 27.5 Å². The Morgan fingerprint density at radius 3 is 2.74 bits per heavy atom. The average molecular weight is 365 g/mol. The van der Waals surface area contributed by atoms with Gasteiger partial charge < -0.3 is 4.98 Å². The van der Waals surface area contributed by atoms with E-state index in [2.05, 4.69) is 30.6 Å². The van der Waals surface area contributed by atoms with E-state index in [0.29, 0.717) is 4.47 Å². The van der Waals surface area contributed by atoms with Crippen molar-refractivity contribution in [2.45, 2.75) is 4.90 Å². The Morgan fingerprint density at radius 2 is 2.11 bits per heavy atom. The molecule has 0 amide bonds. The normalized spacial score (nSPS) is 11.3. The predicted octanol–water partition coefficient (Wildman–Crippen LogP) is 1.99. The van der Waals surface area contributed by atoms with E-state index in [-0.39, 0.29) is 21.3 Å². The van der Waals surface area contributed by atoms with Crippen molar-refractivity contribution in [2.24, 2.45) is 0 Å². The first-order chi connectivity index (χ1) is 8.88. The number of aromatic nitrogens is 2. The van der Waals surface area contributed by atoms with Gasteiger partial charge in [-0.15, -0.1) is 0 Å². The summed E-state index contributed by atoms with van der Waals surface area (Å²) in [6.45, 7) is 0. The van der Waals surface area contributed by atoms with E-state index in [1.54, 1.807) is 0 Å². The van der Waals surface area contributed by atoms with Crippen molar-refractivity contribution >= 4 is 43.2 Å². The highest BCUT2D eigenvalue weighted by Gasteiger charge is 2.16. The molecule has 0 fully saturated rings. The Labute approximate surface area is 122 Å². The fourth-order valence-corrected chi connectivity index (χ4v) is 2.82. The van der Waals surface area contributed by atoms with Gasteiger partial charge in [-0.3, -0.25) is 9.52 Å². The van der Waals surface area contributed by atoms with E-state index in [1.807, 2.05) is 0 Å². The van der Waals surface area contributed by atoms with E-state index in [1.165, 1.54) is 18.3 Å². The van der Waals surface area contributed by atoms with Crippen LogP contribution in [0.2, 0.25) is 5.15 Å². The number of halogens is 2. The molecule has 9 heteroatoms. The Hall–Kier alpha value is -1.38. The van der Waals surface area contributed by atoms with Crippen LogP contribution in [0.15, 0.2) is 44.8 Å². The molecule has 0 bridgehead atoms. The summed E-state index contributed by atoms with van der Waals surface area (Å²) in [5, 5.41) is 0.0243. The minimum absolute atomic E-state index is 0.0243. The van der Waals surface area contributed by atoms with Crippen LogP contribution in [0.25, 0.3) is 0 Å². The van der Waals surface area contributed by atoms with E-state index in [0.717, 1.165) is 12.3 Å². The first-order valence-electron chi connectivity index (χ1n) is 4.91. The van der Waals surface area contributed by atoms with Gasteiger partial charge in [-0.25, -0.2) is 13.4 Å². The van der Waals surface area contributed by atoms with Crippen LogP contribution in [0, 0.1) is 0 Å². The minimum Gasteiger partial charge on any atom is -0.328 e. The van der Waals surface area contributed by atoms with E-state index in [4.69, 9.17) is 11.6 Å². The molecule has 0 saturated carbocycles. The lowest BCUT2D eigenvalue weighted by atomic mass is 10.4. The van der Waals surface area contributed by atoms with Crippen molar-refractivity contribution < 1.29 is 8.42 Å². The van der Waals surface area contributed by atoms with Crippen molar-refractivity contribution in [3.8, 4) is 0 Å². The number of anilines is 1. The number of aromatic amines is 1. The molecule has 0 saturated heterocycles. The molecular weight excluding hydrogens is 358 g/mol. The van der Waals surface area contributed by atoms with Crippen LogP contribution < -0.4 is 10.3 Å². The van der Waals surface area contributed by atoms with Gasteiger partial charge in [-0.1, -0.05) is 11.6 Å². The summed E-state index contributed by atoms with van der Waals surface area (Å²) in [5.74, 6) is 0. The third kappa shape index (κ3) is 3.34. The van der Waals surface area contributed by atoms with Gasteiger partial charge in [0.05, 0.1) is 5.69 Å². The summed E-state index contributed by atoms with van der Waals surface area (Å²) >= 11 is 8.96. The van der Waals surface area contributed by atoms with Gasteiger partial charge in [0, 0.05) is 22.9 Å². The maximum Gasteiger partial charge on any atom is 0.263 e. The van der Waals surface area contributed by atoms with Gasteiger partial charge in [0.1, 0.15) is 4.90 Å². The molecule has 0 aliphatic heterocycles. The number of pyridine rings is 2. The number of hydrogen-bond acceptors (Lipinski definition) is 4. The van der Waals surface area contributed by atoms with Crippen molar-refractivity contribution in [3.63, 3.8) is 0 Å².